The molecule has 3 aromatic heterocycles. The van der Waals surface area contributed by atoms with E-state index >= 15 is 0 Å². The Bertz CT molecular complexity index is 1560. The summed E-state index contributed by atoms with van der Waals surface area (Å²) in [6.45, 7) is 4.87. The van der Waals surface area contributed by atoms with Gasteiger partial charge in [0, 0.05) is 54.6 Å². The van der Waals surface area contributed by atoms with E-state index in [1.165, 1.54) is 0 Å². The third-order valence-electron chi connectivity index (χ3n) is 6.34. The average Bonchev–Trinajstić information content (AvgIpc) is 3.36. The van der Waals surface area contributed by atoms with Gasteiger partial charge in [-0.3, -0.25) is 4.79 Å². The molecule has 1 amide bonds. The minimum Gasteiger partial charge on any atom is -0.492 e. The summed E-state index contributed by atoms with van der Waals surface area (Å²) in [5.41, 5.74) is 3.97. The summed E-state index contributed by atoms with van der Waals surface area (Å²) in [5, 5.41) is 14.3. The molecule has 1 saturated heterocycles. The molecule has 0 aliphatic carbocycles. The van der Waals surface area contributed by atoms with Crippen molar-refractivity contribution >= 4 is 28.8 Å². The van der Waals surface area contributed by atoms with E-state index in [-0.39, 0.29) is 5.91 Å². The number of nitrogens with zero attached hydrogens (tertiary/aromatic N) is 6. The fraction of sp³-hybridized carbons (Fsp3) is 0.214. The van der Waals surface area contributed by atoms with E-state index in [0.29, 0.717) is 65.8 Å². The molecule has 4 heterocycles. The smallest absolute Gasteiger partial charge is 0.254 e. The Morgan fingerprint density at radius 3 is 2.59 bits per heavy atom. The minimum absolute atomic E-state index is 0.0688. The van der Waals surface area contributed by atoms with E-state index in [9.17, 15) is 10.1 Å². The molecule has 0 spiro atoms. The minimum atomic E-state index is -0.0688. The molecule has 0 radical (unpaired) electrons. The molecule has 0 N–H and O–H groups in total. The van der Waals surface area contributed by atoms with Crippen LogP contribution in [0.15, 0.2) is 55.0 Å². The standard InChI is InChI=1S/C28H23ClN6O2/c1-3-19-5-6-20(13-25(19)29)28(36)34-11-9-33(10-12-34)26-8-7-21(16-31-26)24-14-23(37-4-2)18-35-27(24)22(15-30)17-32-35/h1,5-8,13-14,16-18H,4,9-12H2,2H3. The fourth-order valence-electron chi connectivity index (χ4n) is 4.46. The first-order valence-electron chi connectivity index (χ1n) is 11.8. The van der Waals surface area contributed by atoms with Crippen LogP contribution in [0.3, 0.4) is 0 Å². The van der Waals surface area contributed by atoms with Crippen LogP contribution >= 0.6 is 11.6 Å². The number of carbonyl (C=O) groups is 1. The Labute approximate surface area is 219 Å². The van der Waals surface area contributed by atoms with Gasteiger partial charge in [-0.2, -0.15) is 10.4 Å². The molecule has 4 aromatic rings. The molecule has 0 unspecified atom stereocenters. The number of piperazine rings is 1. The number of amides is 1. The first-order chi connectivity index (χ1) is 18.0. The van der Waals surface area contributed by atoms with Gasteiger partial charge in [0.25, 0.3) is 5.91 Å². The zero-order chi connectivity index (χ0) is 25.9. The van der Waals surface area contributed by atoms with Crippen LogP contribution in [0, 0.1) is 23.7 Å². The maximum absolute atomic E-state index is 12.9. The highest BCUT2D eigenvalue weighted by Crippen LogP contribution is 2.31. The van der Waals surface area contributed by atoms with Crippen molar-refractivity contribution in [3.8, 4) is 35.3 Å². The second-order valence-electron chi connectivity index (χ2n) is 8.51. The molecule has 184 valence electrons. The number of terminal acetylenes is 1. The fourth-order valence-corrected chi connectivity index (χ4v) is 4.70. The summed E-state index contributed by atoms with van der Waals surface area (Å²) in [7, 11) is 0. The van der Waals surface area contributed by atoms with Crippen LogP contribution in [0.4, 0.5) is 5.82 Å². The monoisotopic (exact) mass is 510 g/mol. The summed E-state index contributed by atoms with van der Waals surface area (Å²) in [6.07, 6.45) is 10.5. The zero-order valence-electron chi connectivity index (χ0n) is 20.2. The third kappa shape index (κ3) is 4.67. The molecule has 0 saturated carbocycles. The molecule has 1 aliphatic rings. The van der Waals surface area contributed by atoms with Crippen molar-refractivity contribution in [2.24, 2.45) is 0 Å². The van der Waals surface area contributed by atoms with Crippen LogP contribution in [0.25, 0.3) is 16.6 Å². The number of pyridine rings is 2. The Morgan fingerprint density at radius 1 is 1.14 bits per heavy atom. The normalized spacial score (nSPS) is 13.3. The number of benzene rings is 1. The van der Waals surface area contributed by atoms with Gasteiger partial charge in [0.1, 0.15) is 17.6 Å². The number of halogens is 1. The maximum Gasteiger partial charge on any atom is 0.254 e. The predicted octanol–water partition coefficient (Wildman–Crippen LogP) is 4.26. The molecular weight excluding hydrogens is 488 g/mol. The molecule has 1 aromatic carbocycles. The van der Waals surface area contributed by atoms with Crippen molar-refractivity contribution in [2.75, 3.05) is 37.7 Å². The Hall–Kier alpha value is -4.53. The summed E-state index contributed by atoms with van der Waals surface area (Å²) in [6, 6.07) is 13.1. The van der Waals surface area contributed by atoms with Gasteiger partial charge in [-0.05, 0) is 43.3 Å². The summed E-state index contributed by atoms with van der Waals surface area (Å²) < 4.78 is 7.36. The molecule has 0 bridgehead atoms. The molecule has 1 fully saturated rings. The SMILES string of the molecule is C#Cc1ccc(C(=O)N2CCN(c3ccc(-c4cc(OCC)cn5ncc(C#N)c45)cn3)CC2)cc1Cl. The van der Waals surface area contributed by atoms with E-state index in [4.69, 9.17) is 27.7 Å². The number of anilines is 1. The average molecular weight is 511 g/mol. The lowest BCUT2D eigenvalue weighted by Crippen LogP contribution is -2.49. The van der Waals surface area contributed by atoms with Crippen molar-refractivity contribution in [1.82, 2.24) is 19.5 Å². The van der Waals surface area contributed by atoms with Crippen molar-refractivity contribution in [3.05, 3.63) is 76.7 Å². The topological polar surface area (TPSA) is 86.8 Å². The number of hydrogen-bond donors (Lipinski definition) is 0. The largest absolute Gasteiger partial charge is 0.492 e. The molecule has 1 aliphatic heterocycles. The zero-order valence-corrected chi connectivity index (χ0v) is 20.9. The number of carbonyl (C=O) groups excluding carboxylic acids is 1. The van der Waals surface area contributed by atoms with E-state index in [2.05, 4.69) is 22.0 Å². The highest BCUT2D eigenvalue weighted by molar-refractivity contribution is 6.32. The number of nitriles is 1. The van der Waals surface area contributed by atoms with Crippen molar-refractivity contribution in [1.29, 1.82) is 5.26 Å². The van der Waals surface area contributed by atoms with Crippen LogP contribution in [-0.2, 0) is 0 Å². The van der Waals surface area contributed by atoms with Gasteiger partial charge in [-0.25, -0.2) is 9.50 Å². The first kappa shape index (κ1) is 24.2. The van der Waals surface area contributed by atoms with Crippen LogP contribution in [0.5, 0.6) is 5.75 Å². The molecule has 37 heavy (non-hydrogen) atoms. The molecule has 0 atom stereocenters. The third-order valence-corrected chi connectivity index (χ3v) is 6.65. The lowest BCUT2D eigenvalue weighted by molar-refractivity contribution is 0.0746. The number of aromatic nitrogens is 3. The summed E-state index contributed by atoms with van der Waals surface area (Å²) >= 11 is 6.18. The quantitative estimate of drug-likeness (QED) is 0.373. The van der Waals surface area contributed by atoms with Gasteiger partial charge in [0.2, 0.25) is 0 Å². The Kier molecular flexibility index (Phi) is 6.68. The number of rotatable bonds is 5. The maximum atomic E-state index is 12.9. The second-order valence-corrected chi connectivity index (χ2v) is 8.92. The number of ether oxygens (including phenoxy) is 1. The van der Waals surface area contributed by atoms with Gasteiger partial charge >= 0.3 is 0 Å². The first-order valence-corrected chi connectivity index (χ1v) is 12.2. The van der Waals surface area contributed by atoms with Gasteiger partial charge in [-0.1, -0.05) is 17.5 Å². The molecular formula is C28H23ClN6O2. The highest BCUT2D eigenvalue weighted by Gasteiger charge is 2.23. The van der Waals surface area contributed by atoms with Crippen LogP contribution < -0.4 is 9.64 Å². The lowest BCUT2D eigenvalue weighted by Gasteiger charge is -2.35. The highest BCUT2D eigenvalue weighted by atomic mass is 35.5. The van der Waals surface area contributed by atoms with Gasteiger partial charge in [-0.15, -0.1) is 6.42 Å². The lowest BCUT2D eigenvalue weighted by atomic mass is 10.1. The molecule has 9 heteroatoms. The van der Waals surface area contributed by atoms with E-state index in [1.54, 1.807) is 41.3 Å². The Morgan fingerprint density at radius 2 is 1.95 bits per heavy atom. The van der Waals surface area contributed by atoms with Gasteiger partial charge < -0.3 is 14.5 Å². The van der Waals surface area contributed by atoms with Gasteiger partial charge in [0.05, 0.1) is 35.1 Å². The van der Waals surface area contributed by atoms with Crippen LogP contribution in [0.2, 0.25) is 5.02 Å². The second kappa shape index (κ2) is 10.2. The van der Waals surface area contributed by atoms with Crippen molar-refractivity contribution < 1.29 is 9.53 Å². The van der Waals surface area contributed by atoms with E-state index in [0.717, 1.165) is 16.9 Å². The van der Waals surface area contributed by atoms with Crippen LogP contribution in [-0.4, -0.2) is 58.2 Å². The summed E-state index contributed by atoms with van der Waals surface area (Å²) in [5.74, 6) is 3.92. The van der Waals surface area contributed by atoms with E-state index in [1.807, 2.05) is 30.0 Å². The summed E-state index contributed by atoms with van der Waals surface area (Å²) in [4.78, 5) is 21.6. The van der Waals surface area contributed by atoms with E-state index < -0.39 is 0 Å². The van der Waals surface area contributed by atoms with Crippen molar-refractivity contribution in [2.45, 2.75) is 6.92 Å². The van der Waals surface area contributed by atoms with Crippen LogP contribution in [0.1, 0.15) is 28.4 Å². The number of fused-ring (bicyclic) bond motifs is 1. The molecule has 5 rings (SSSR count). The number of hydrogen-bond acceptors (Lipinski definition) is 6. The predicted molar refractivity (Wildman–Crippen MR) is 142 cm³/mol. The Balaban J connectivity index is 1.32. The van der Waals surface area contributed by atoms with Gasteiger partial charge in [0.15, 0.2) is 0 Å². The van der Waals surface area contributed by atoms with Crippen molar-refractivity contribution in [3.63, 3.8) is 0 Å². The molecule has 8 nitrogen and oxygen atoms in total.